The molecule has 170 valence electrons. The van der Waals surface area contributed by atoms with E-state index in [2.05, 4.69) is 0 Å². The number of benzene rings is 3. The molecule has 0 aromatic heterocycles. The Bertz CT molecular complexity index is 1160. The molecular formula is C25H23ClN2O5. The minimum atomic E-state index is -0.884. The second kappa shape index (κ2) is 9.42. The van der Waals surface area contributed by atoms with Gasteiger partial charge >= 0.3 is 0 Å². The zero-order valence-electron chi connectivity index (χ0n) is 18.4. The number of ether oxygens (including phenoxy) is 3. The van der Waals surface area contributed by atoms with Crippen molar-refractivity contribution in [1.29, 1.82) is 0 Å². The fraction of sp³-hybridized carbons (Fsp3) is 0.200. The van der Waals surface area contributed by atoms with E-state index in [0.29, 0.717) is 39.2 Å². The third-order valence-electron chi connectivity index (χ3n) is 5.53. The van der Waals surface area contributed by atoms with Crippen molar-refractivity contribution in [2.45, 2.75) is 6.04 Å². The van der Waals surface area contributed by atoms with Gasteiger partial charge in [-0.2, -0.15) is 0 Å². The molecular weight excluding hydrogens is 444 g/mol. The summed E-state index contributed by atoms with van der Waals surface area (Å²) in [5, 5.41) is 0.542. The Balaban J connectivity index is 1.81. The summed E-state index contributed by atoms with van der Waals surface area (Å²) in [5.74, 6) is 1.17. The van der Waals surface area contributed by atoms with Crippen molar-refractivity contribution in [2.75, 3.05) is 37.7 Å². The van der Waals surface area contributed by atoms with Gasteiger partial charge in [-0.25, -0.2) is 0 Å². The molecule has 1 aliphatic rings. The number of anilines is 2. The van der Waals surface area contributed by atoms with Crippen molar-refractivity contribution in [3.05, 3.63) is 77.3 Å². The standard InChI is InChI=1S/C25H23ClN2O5/c1-31-19-10-4-16(5-11-19)24-25(30)27(21-13-12-20(32-2)14-22(21)33-3)15-23(29)28(24)18-8-6-17(26)7-9-18/h4-14,24H,15H2,1-3H3/t24-/m1/s1. The van der Waals surface area contributed by atoms with Crippen LogP contribution in [0.2, 0.25) is 5.02 Å². The van der Waals surface area contributed by atoms with Crippen molar-refractivity contribution < 1.29 is 23.8 Å². The van der Waals surface area contributed by atoms with Crippen molar-refractivity contribution in [3.8, 4) is 17.2 Å². The van der Waals surface area contributed by atoms with Crippen molar-refractivity contribution in [3.63, 3.8) is 0 Å². The molecule has 0 bridgehead atoms. The SMILES string of the molecule is COc1ccc([C@@H]2C(=O)N(c3ccc(OC)cc3OC)CC(=O)N2c2ccc(Cl)cc2)cc1. The normalized spacial score (nSPS) is 16.1. The third-order valence-corrected chi connectivity index (χ3v) is 5.79. The van der Waals surface area contributed by atoms with Gasteiger partial charge in [0.05, 0.1) is 27.0 Å². The lowest BCUT2D eigenvalue weighted by Gasteiger charge is -2.40. The predicted octanol–water partition coefficient (Wildman–Crippen LogP) is 4.49. The minimum Gasteiger partial charge on any atom is -0.497 e. The maximum absolute atomic E-state index is 13.9. The molecule has 0 radical (unpaired) electrons. The van der Waals surface area contributed by atoms with E-state index >= 15 is 0 Å². The molecule has 0 unspecified atom stereocenters. The van der Waals surface area contributed by atoms with Gasteiger partial charge in [0.25, 0.3) is 5.91 Å². The number of rotatable bonds is 6. The molecule has 1 fully saturated rings. The van der Waals surface area contributed by atoms with E-state index < -0.39 is 6.04 Å². The molecule has 1 atom stereocenters. The molecule has 0 spiro atoms. The van der Waals surface area contributed by atoms with Crippen LogP contribution in [0.5, 0.6) is 17.2 Å². The Labute approximate surface area is 197 Å². The predicted molar refractivity (Wildman–Crippen MR) is 127 cm³/mol. The number of methoxy groups -OCH3 is 3. The van der Waals surface area contributed by atoms with Gasteiger partial charge in [-0.15, -0.1) is 0 Å². The second-order valence-electron chi connectivity index (χ2n) is 7.38. The van der Waals surface area contributed by atoms with Crippen LogP contribution in [0.25, 0.3) is 0 Å². The van der Waals surface area contributed by atoms with Gasteiger partial charge in [0.2, 0.25) is 5.91 Å². The Morgan fingerprint density at radius 3 is 2.06 bits per heavy atom. The molecule has 1 saturated heterocycles. The highest BCUT2D eigenvalue weighted by Crippen LogP contribution is 2.39. The Morgan fingerprint density at radius 2 is 1.45 bits per heavy atom. The van der Waals surface area contributed by atoms with Gasteiger partial charge < -0.3 is 14.2 Å². The number of hydrogen-bond acceptors (Lipinski definition) is 5. The van der Waals surface area contributed by atoms with Crippen LogP contribution < -0.4 is 24.0 Å². The number of hydrogen-bond donors (Lipinski definition) is 0. The number of amides is 2. The topological polar surface area (TPSA) is 68.3 Å². The molecule has 0 aliphatic carbocycles. The molecule has 33 heavy (non-hydrogen) atoms. The van der Waals surface area contributed by atoms with Crippen LogP contribution in [0.3, 0.4) is 0 Å². The van der Waals surface area contributed by atoms with E-state index in [9.17, 15) is 9.59 Å². The summed E-state index contributed by atoms with van der Waals surface area (Å²) in [6.45, 7) is -0.142. The van der Waals surface area contributed by atoms with Crippen LogP contribution in [0, 0.1) is 0 Å². The average Bonchev–Trinajstić information content (AvgIpc) is 2.85. The van der Waals surface area contributed by atoms with E-state index in [-0.39, 0.29) is 18.4 Å². The lowest BCUT2D eigenvalue weighted by molar-refractivity contribution is -0.128. The van der Waals surface area contributed by atoms with Crippen LogP contribution in [0.4, 0.5) is 11.4 Å². The molecule has 1 aliphatic heterocycles. The molecule has 1 heterocycles. The molecule has 0 N–H and O–H groups in total. The largest absolute Gasteiger partial charge is 0.497 e. The van der Waals surface area contributed by atoms with E-state index in [1.807, 2.05) is 0 Å². The van der Waals surface area contributed by atoms with Gasteiger partial charge in [0.15, 0.2) is 0 Å². The molecule has 2 amide bonds. The highest BCUT2D eigenvalue weighted by Gasteiger charge is 2.42. The third kappa shape index (κ3) is 4.32. The average molecular weight is 467 g/mol. The molecule has 7 nitrogen and oxygen atoms in total. The Kier molecular flexibility index (Phi) is 6.42. The smallest absolute Gasteiger partial charge is 0.255 e. The zero-order chi connectivity index (χ0) is 23.5. The van der Waals surface area contributed by atoms with Crippen LogP contribution in [-0.4, -0.2) is 39.7 Å². The number of nitrogens with zero attached hydrogens (tertiary/aromatic N) is 2. The fourth-order valence-corrected chi connectivity index (χ4v) is 4.00. The highest BCUT2D eigenvalue weighted by atomic mass is 35.5. The number of piperazine rings is 1. The summed E-state index contributed by atoms with van der Waals surface area (Å²) in [6.07, 6.45) is 0. The quantitative estimate of drug-likeness (QED) is 0.535. The van der Waals surface area contributed by atoms with E-state index in [0.717, 1.165) is 0 Å². The van der Waals surface area contributed by atoms with Crippen molar-refractivity contribution in [1.82, 2.24) is 0 Å². The van der Waals surface area contributed by atoms with Gasteiger partial charge in [0, 0.05) is 16.8 Å². The maximum atomic E-state index is 13.9. The van der Waals surface area contributed by atoms with E-state index in [1.165, 1.54) is 16.9 Å². The Morgan fingerprint density at radius 1 is 0.818 bits per heavy atom. The van der Waals surface area contributed by atoms with Crippen LogP contribution in [0.1, 0.15) is 11.6 Å². The summed E-state index contributed by atoms with van der Waals surface area (Å²) in [6, 6.07) is 18.2. The molecule has 3 aromatic carbocycles. The van der Waals surface area contributed by atoms with Gasteiger partial charge in [-0.3, -0.25) is 19.4 Å². The first-order valence-corrected chi connectivity index (χ1v) is 10.6. The summed E-state index contributed by atoms with van der Waals surface area (Å²) in [5.41, 5.74) is 1.73. The van der Waals surface area contributed by atoms with Crippen molar-refractivity contribution >= 4 is 34.8 Å². The van der Waals surface area contributed by atoms with Crippen LogP contribution in [-0.2, 0) is 9.59 Å². The second-order valence-corrected chi connectivity index (χ2v) is 7.81. The zero-order valence-corrected chi connectivity index (χ0v) is 19.2. The van der Waals surface area contributed by atoms with Crippen LogP contribution >= 0.6 is 11.6 Å². The monoisotopic (exact) mass is 466 g/mol. The number of halogens is 1. The maximum Gasteiger partial charge on any atom is 0.255 e. The Hall–Kier alpha value is -3.71. The van der Waals surface area contributed by atoms with Crippen molar-refractivity contribution in [2.24, 2.45) is 0 Å². The molecule has 8 heteroatoms. The molecule has 4 rings (SSSR count). The minimum absolute atomic E-state index is 0.142. The number of carbonyl (C=O) groups excluding carboxylic acids is 2. The van der Waals surface area contributed by atoms with E-state index in [1.54, 1.807) is 80.9 Å². The first-order valence-electron chi connectivity index (χ1n) is 10.2. The summed E-state index contributed by atoms with van der Waals surface area (Å²) >= 11 is 6.05. The van der Waals surface area contributed by atoms with Gasteiger partial charge in [-0.05, 0) is 54.1 Å². The lowest BCUT2D eigenvalue weighted by atomic mass is 9.99. The lowest BCUT2D eigenvalue weighted by Crippen LogP contribution is -2.56. The van der Waals surface area contributed by atoms with Gasteiger partial charge in [-0.1, -0.05) is 23.7 Å². The van der Waals surface area contributed by atoms with Crippen LogP contribution in [0.15, 0.2) is 66.7 Å². The van der Waals surface area contributed by atoms with E-state index in [4.69, 9.17) is 25.8 Å². The fourth-order valence-electron chi connectivity index (χ4n) is 3.88. The first-order chi connectivity index (χ1) is 16.0. The summed E-state index contributed by atoms with van der Waals surface area (Å²) in [4.78, 5) is 30.3. The first kappa shape index (κ1) is 22.5. The summed E-state index contributed by atoms with van der Waals surface area (Å²) < 4.78 is 16.0. The molecule has 3 aromatic rings. The molecule has 0 saturated carbocycles. The summed E-state index contributed by atoms with van der Waals surface area (Å²) in [7, 11) is 4.63. The van der Waals surface area contributed by atoms with Gasteiger partial charge in [0.1, 0.15) is 29.8 Å². The highest BCUT2D eigenvalue weighted by molar-refractivity contribution is 6.30. The number of carbonyl (C=O) groups is 2.